The lowest BCUT2D eigenvalue weighted by atomic mass is 10.0. The summed E-state index contributed by atoms with van der Waals surface area (Å²) in [6, 6.07) is 15.2. The first-order valence-corrected chi connectivity index (χ1v) is 8.63. The molecule has 1 heterocycles. The Morgan fingerprint density at radius 1 is 1.21 bits per heavy atom. The normalized spacial score (nSPS) is 18.3. The minimum absolute atomic E-state index is 0.0722. The average molecular weight is 364 g/mol. The molecular weight excluding hydrogens is 345 g/mol. The van der Waals surface area contributed by atoms with E-state index in [0.717, 1.165) is 25.2 Å². The summed E-state index contributed by atoms with van der Waals surface area (Å²) >= 11 is 12.2. The van der Waals surface area contributed by atoms with E-state index in [2.05, 4.69) is 15.5 Å². The lowest BCUT2D eigenvalue weighted by Crippen LogP contribution is -2.48. The lowest BCUT2D eigenvalue weighted by Gasteiger charge is -2.36. The Labute approximate surface area is 151 Å². The second-order valence-corrected chi connectivity index (χ2v) is 6.62. The number of carbonyl (C=O) groups is 1. The number of anilines is 1. The number of hydrogen-bond donors (Lipinski definition) is 2. The fourth-order valence-corrected chi connectivity index (χ4v) is 3.30. The number of nitrogens with zero attached hydrogens (tertiary/aromatic N) is 1. The van der Waals surface area contributed by atoms with Crippen LogP contribution in [0.4, 0.5) is 5.69 Å². The third-order valence-electron chi connectivity index (χ3n) is 4.08. The quantitative estimate of drug-likeness (QED) is 0.872. The molecule has 1 fully saturated rings. The third-order valence-corrected chi connectivity index (χ3v) is 4.65. The van der Waals surface area contributed by atoms with Crippen molar-refractivity contribution in [2.24, 2.45) is 0 Å². The van der Waals surface area contributed by atoms with Crippen LogP contribution in [0.1, 0.15) is 11.6 Å². The number of piperazine rings is 1. The van der Waals surface area contributed by atoms with Crippen molar-refractivity contribution in [1.29, 1.82) is 0 Å². The number of benzene rings is 2. The summed E-state index contributed by atoms with van der Waals surface area (Å²) in [6.45, 7) is 2.76. The van der Waals surface area contributed by atoms with Crippen LogP contribution in [0, 0.1) is 0 Å². The van der Waals surface area contributed by atoms with E-state index in [1.807, 2.05) is 36.4 Å². The molecule has 0 spiro atoms. The van der Waals surface area contributed by atoms with Crippen molar-refractivity contribution in [3.8, 4) is 0 Å². The van der Waals surface area contributed by atoms with E-state index in [9.17, 15) is 4.79 Å². The van der Waals surface area contributed by atoms with Gasteiger partial charge >= 0.3 is 0 Å². The molecule has 24 heavy (non-hydrogen) atoms. The number of rotatable bonds is 4. The van der Waals surface area contributed by atoms with Gasteiger partial charge in [0.15, 0.2) is 0 Å². The summed E-state index contributed by atoms with van der Waals surface area (Å²) in [6.07, 6.45) is 0. The van der Waals surface area contributed by atoms with Gasteiger partial charge in [0.05, 0.1) is 17.3 Å². The van der Waals surface area contributed by atoms with E-state index in [0.29, 0.717) is 22.3 Å². The van der Waals surface area contributed by atoms with Crippen LogP contribution in [0.5, 0.6) is 0 Å². The van der Waals surface area contributed by atoms with Gasteiger partial charge in [0.1, 0.15) is 0 Å². The van der Waals surface area contributed by atoms with E-state index < -0.39 is 0 Å². The van der Waals surface area contributed by atoms with E-state index in [1.165, 1.54) is 0 Å². The molecule has 1 aliphatic rings. The number of nitrogens with one attached hydrogen (secondary N) is 2. The molecule has 0 bridgehead atoms. The minimum Gasteiger partial charge on any atom is -0.324 e. The van der Waals surface area contributed by atoms with Gasteiger partial charge in [-0.05, 0) is 29.8 Å². The molecule has 1 amide bonds. The molecule has 0 saturated carbocycles. The van der Waals surface area contributed by atoms with Crippen LogP contribution in [0.25, 0.3) is 0 Å². The van der Waals surface area contributed by atoms with Gasteiger partial charge in [0.25, 0.3) is 0 Å². The van der Waals surface area contributed by atoms with Crippen LogP contribution in [0.2, 0.25) is 10.0 Å². The van der Waals surface area contributed by atoms with Gasteiger partial charge in [-0.25, -0.2) is 0 Å². The highest BCUT2D eigenvalue weighted by atomic mass is 35.5. The van der Waals surface area contributed by atoms with Crippen LogP contribution < -0.4 is 10.6 Å². The van der Waals surface area contributed by atoms with Gasteiger partial charge in [-0.2, -0.15) is 0 Å². The van der Waals surface area contributed by atoms with Gasteiger partial charge in [0.2, 0.25) is 5.91 Å². The van der Waals surface area contributed by atoms with Crippen LogP contribution in [0.15, 0.2) is 48.5 Å². The SMILES string of the molecule is O=C(CN1CCNCC1c1cccc(Cl)c1)Nc1ccccc1Cl. The molecule has 6 heteroatoms. The van der Waals surface area contributed by atoms with E-state index in [-0.39, 0.29) is 11.9 Å². The van der Waals surface area contributed by atoms with E-state index in [4.69, 9.17) is 23.2 Å². The molecular formula is C18H19Cl2N3O. The van der Waals surface area contributed by atoms with E-state index >= 15 is 0 Å². The van der Waals surface area contributed by atoms with Crippen LogP contribution in [0.3, 0.4) is 0 Å². The average Bonchev–Trinajstić information content (AvgIpc) is 2.57. The molecule has 0 aromatic heterocycles. The molecule has 1 unspecified atom stereocenters. The molecule has 0 aliphatic carbocycles. The van der Waals surface area contributed by atoms with Gasteiger partial charge in [-0.1, -0.05) is 47.5 Å². The van der Waals surface area contributed by atoms with Crippen molar-refractivity contribution >= 4 is 34.8 Å². The van der Waals surface area contributed by atoms with Crippen molar-refractivity contribution in [3.63, 3.8) is 0 Å². The van der Waals surface area contributed by atoms with Gasteiger partial charge in [-0.15, -0.1) is 0 Å². The number of hydrogen-bond acceptors (Lipinski definition) is 3. The maximum atomic E-state index is 12.4. The maximum Gasteiger partial charge on any atom is 0.238 e. The molecule has 4 nitrogen and oxygen atoms in total. The number of para-hydroxylation sites is 1. The van der Waals surface area contributed by atoms with Crippen LogP contribution in [-0.2, 0) is 4.79 Å². The zero-order valence-corrected chi connectivity index (χ0v) is 14.6. The molecule has 1 atom stereocenters. The Bertz CT molecular complexity index is 723. The zero-order chi connectivity index (χ0) is 16.9. The first-order valence-electron chi connectivity index (χ1n) is 7.88. The van der Waals surface area contributed by atoms with Crippen molar-refractivity contribution in [1.82, 2.24) is 10.2 Å². The minimum atomic E-state index is -0.0722. The van der Waals surface area contributed by atoms with Crippen LogP contribution in [-0.4, -0.2) is 37.0 Å². The summed E-state index contributed by atoms with van der Waals surface area (Å²) in [7, 11) is 0. The number of amides is 1. The molecule has 126 valence electrons. The summed E-state index contributed by atoms with van der Waals surface area (Å²) < 4.78 is 0. The number of halogens is 2. The highest BCUT2D eigenvalue weighted by Crippen LogP contribution is 2.25. The predicted octanol–water partition coefficient (Wildman–Crippen LogP) is 3.58. The Morgan fingerprint density at radius 2 is 2.04 bits per heavy atom. The molecule has 0 radical (unpaired) electrons. The maximum absolute atomic E-state index is 12.4. The zero-order valence-electron chi connectivity index (χ0n) is 13.1. The van der Waals surface area contributed by atoms with Gasteiger partial charge < -0.3 is 10.6 Å². The molecule has 2 N–H and O–H groups in total. The Kier molecular flexibility index (Phi) is 5.74. The molecule has 1 saturated heterocycles. The van der Waals surface area contributed by atoms with Gasteiger partial charge in [0, 0.05) is 30.7 Å². The van der Waals surface area contributed by atoms with Crippen LogP contribution >= 0.6 is 23.2 Å². The second-order valence-electron chi connectivity index (χ2n) is 5.77. The Hall–Kier alpha value is -1.59. The topological polar surface area (TPSA) is 44.4 Å². The largest absolute Gasteiger partial charge is 0.324 e. The standard InChI is InChI=1S/C18H19Cl2N3O/c19-14-5-3-4-13(10-14)17-11-21-8-9-23(17)12-18(24)22-16-7-2-1-6-15(16)20/h1-7,10,17,21H,8-9,11-12H2,(H,22,24). The Morgan fingerprint density at radius 3 is 2.83 bits per heavy atom. The van der Waals surface area contributed by atoms with Crippen molar-refractivity contribution in [2.45, 2.75) is 6.04 Å². The van der Waals surface area contributed by atoms with Crippen molar-refractivity contribution in [3.05, 3.63) is 64.1 Å². The highest BCUT2D eigenvalue weighted by molar-refractivity contribution is 6.33. The summed E-state index contributed by atoms with van der Waals surface area (Å²) in [5.74, 6) is -0.0722. The molecule has 2 aromatic rings. The smallest absolute Gasteiger partial charge is 0.238 e. The molecule has 1 aliphatic heterocycles. The number of carbonyl (C=O) groups excluding carboxylic acids is 1. The van der Waals surface area contributed by atoms with Crippen molar-refractivity contribution in [2.75, 3.05) is 31.5 Å². The molecule has 3 rings (SSSR count). The monoisotopic (exact) mass is 363 g/mol. The first-order chi connectivity index (χ1) is 11.6. The fraction of sp³-hybridized carbons (Fsp3) is 0.278. The third kappa shape index (κ3) is 4.28. The van der Waals surface area contributed by atoms with Gasteiger partial charge in [-0.3, -0.25) is 9.69 Å². The first kappa shape index (κ1) is 17.2. The molecule has 2 aromatic carbocycles. The lowest BCUT2D eigenvalue weighted by molar-refractivity contribution is -0.118. The van der Waals surface area contributed by atoms with Crippen molar-refractivity contribution < 1.29 is 4.79 Å². The Balaban J connectivity index is 1.70. The fourth-order valence-electron chi connectivity index (χ4n) is 2.91. The second kappa shape index (κ2) is 7.99. The summed E-state index contributed by atoms with van der Waals surface area (Å²) in [5, 5.41) is 7.51. The summed E-state index contributed by atoms with van der Waals surface area (Å²) in [4.78, 5) is 14.6. The summed E-state index contributed by atoms with van der Waals surface area (Å²) in [5.41, 5.74) is 1.75. The predicted molar refractivity (Wildman–Crippen MR) is 98.7 cm³/mol. The highest BCUT2D eigenvalue weighted by Gasteiger charge is 2.25. The van der Waals surface area contributed by atoms with E-state index in [1.54, 1.807) is 12.1 Å².